The van der Waals surface area contributed by atoms with Crippen molar-refractivity contribution in [1.29, 1.82) is 0 Å². The lowest BCUT2D eigenvalue weighted by Crippen LogP contribution is -2.14. The molecule has 0 saturated heterocycles. The van der Waals surface area contributed by atoms with E-state index >= 15 is 0 Å². The first-order valence-electron chi connectivity index (χ1n) is 8.24. The summed E-state index contributed by atoms with van der Waals surface area (Å²) in [7, 11) is 0. The average molecular weight is 368 g/mol. The van der Waals surface area contributed by atoms with Gasteiger partial charge in [0, 0.05) is 24.0 Å². The SMILES string of the molecule is CCc1cc(C)nc(Cc2ccc(Cl)c(C(=O)Nc3ccncn3)c2)n1. The summed E-state index contributed by atoms with van der Waals surface area (Å²) in [5.74, 6) is 0.822. The van der Waals surface area contributed by atoms with Crippen LogP contribution >= 0.6 is 11.6 Å². The molecule has 0 fully saturated rings. The molecule has 2 heterocycles. The number of hydrogen-bond donors (Lipinski definition) is 1. The predicted molar refractivity (Wildman–Crippen MR) is 100 cm³/mol. The summed E-state index contributed by atoms with van der Waals surface area (Å²) in [6, 6.07) is 8.94. The Balaban J connectivity index is 1.83. The molecule has 0 atom stereocenters. The molecule has 0 radical (unpaired) electrons. The highest BCUT2D eigenvalue weighted by molar-refractivity contribution is 6.34. The molecule has 3 rings (SSSR count). The first kappa shape index (κ1) is 17.9. The van der Waals surface area contributed by atoms with Crippen molar-refractivity contribution in [2.45, 2.75) is 26.7 Å². The van der Waals surface area contributed by atoms with Crippen molar-refractivity contribution in [3.63, 3.8) is 0 Å². The molecular weight excluding hydrogens is 350 g/mol. The summed E-state index contributed by atoms with van der Waals surface area (Å²) in [4.78, 5) is 29.3. The van der Waals surface area contributed by atoms with Crippen molar-refractivity contribution in [3.8, 4) is 0 Å². The Kier molecular flexibility index (Phi) is 5.53. The van der Waals surface area contributed by atoms with Gasteiger partial charge in [-0.3, -0.25) is 4.79 Å². The van der Waals surface area contributed by atoms with Gasteiger partial charge >= 0.3 is 0 Å². The topological polar surface area (TPSA) is 80.7 Å². The third-order valence-corrected chi connectivity index (χ3v) is 4.11. The quantitative estimate of drug-likeness (QED) is 0.744. The number of benzene rings is 1. The Hall–Kier alpha value is -2.86. The van der Waals surface area contributed by atoms with Gasteiger partial charge in [-0.15, -0.1) is 0 Å². The number of carbonyl (C=O) groups is 1. The maximum absolute atomic E-state index is 12.5. The van der Waals surface area contributed by atoms with Gasteiger partial charge in [-0.1, -0.05) is 24.6 Å². The largest absolute Gasteiger partial charge is 0.306 e. The normalized spacial score (nSPS) is 10.6. The zero-order valence-corrected chi connectivity index (χ0v) is 15.3. The molecule has 0 aliphatic carbocycles. The predicted octanol–water partition coefficient (Wildman–Crippen LogP) is 3.63. The minimum atomic E-state index is -0.324. The number of amides is 1. The molecule has 0 aliphatic heterocycles. The Morgan fingerprint density at radius 1 is 1.19 bits per heavy atom. The molecule has 2 aromatic heterocycles. The Bertz CT molecular complexity index is 930. The van der Waals surface area contributed by atoms with Crippen molar-refractivity contribution in [1.82, 2.24) is 19.9 Å². The monoisotopic (exact) mass is 367 g/mol. The molecule has 3 aromatic rings. The number of nitrogens with zero attached hydrogens (tertiary/aromatic N) is 4. The zero-order valence-electron chi connectivity index (χ0n) is 14.5. The lowest BCUT2D eigenvalue weighted by Gasteiger charge is -2.09. The summed E-state index contributed by atoms with van der Waals surface area (Å²) in [6.45, 7) is 4.01. The third-order valence-electron chi connectivity index (χ3n) is 3.78. The number of rotatable bonds is 5. The van der Waals surface area contributed by atoms with E-state index in [0.29, 0.717) is 22.8 Å². The first-order chi connectivity index (χ1) is 12.5. The molecule has 0 spiro atoms. The zero-order chi connectivity index (χ0) is 18.5. The molecule has 26 heavy (non-hydrogen) atoms. The maximum atomic E-state index is 12.5. The van der Waals surface area contributed by atoms with Crippen LogP contribution in [0.4, 0.5) is 5.82 Å². The number of aryl methyl sites for hydroxylation is 2. The second-order valence-corrected chi connectivity index (χ2v) is 6.22. The van der Waals surface area contributed by atoms with Crippen LogP contribution in [0.3, 0.4) is 0 Å². The Morgan fingerprint density at radius 2 is 2.04 bits per heavy atom. The van der Waals surface area contributed by atoms with Gasteiger partial charge in [0.15, 0.2) is 0 Å². The molecule has 1 N–H and O–H groups in total. The van der Waals surface area contributed by atoms with Gasteiger partial charge in [0.1, 0.15) is 18.0 Å². The van der Waals surface area contributed by atoms with Gasteiger partial charge in [0.2, 0.25) is 0 Å². The van der Waals surface area contributed by atoms with Crippen LogP contribution in [0.25, 0.3) is 0 Å². The van der Waals surface area contributed by atoms with Crippen LogP contribution in [-0.4, -0.2) is 25.8 Å². The van der Waals surface area contributed by atoms with Gasteiger partial charge in [0.25, 0.3) is 5.91 Å². The highest BCUT2D eigenvalue weighted by atomic mass is 35.5. The summed E-state index contributed by atoms with van der Waals surface area (Å²) < 4.78 is 0. The van der Waals surface area contributed by atoms with Crippen molar-refractivity contribution in [2.24, 2.45) is 0 Å². The minimum Gasteiger partial charge on any atom is -0.306 e. The van der Waals surface area contributed by atoms with Crippen LogP contribution < -0.4 is 5.32 Å². The van der Waals surface area contributed by atoms with E-state index in [-0.39, 0.29) is 5.91 Å². The van der Waals surface area contributed by atoms with Gasteiger partial charge in [0.05, 0.1) is 10.6 Å². The second kappa shape index (κ2) is 8.01. The molecule has 0 unspecified atom stereocenters. The van der Waals surface area contributed by atoms with Crippen LogP contribution in [0, 0.1) is 6.92 Å². The second-order valence-electron chi connectivity index (χ2n) is 5.81. The van der Waals surface area contributed by atoms with Crippen molar-refractivity contribution >= 4 is 23.3 Å². The lowest BCUT2D eigenvalue weighted by atomic mass is 10.1. The Morgan fingerprint density at radius 3 is 2.77 bits per heavy atom. The van der Waals surface area contributed by atoms with E-state index in [4.69, 9.17) is 11.6 Å². The van der Waals surface area contributed by atoms with E-state index in [1.807, 2.05) is 19.1 Å². The molecule has 0 bridgehead atoms. The van der Waals surface area contributed by atoms with Crippen molar-refractivity contribution < 1.29 is 4.79 Å². The average Bonchev–Trinajstić information content (AvgIpc) is 2.63. The standard InChI is InChI=1S/C19H18ClN5O/c1-3-14-8-12(2)23-18(24-14)10-13-4-5-16(20)15(9-13)19(26)25-17-6-7-21-11-22-17/h4-9,11H,3,10H2,1-2H3,(H,21,22,25,26). The van der Waals surface area contributed by atoms with Crippen LogP contribution in [0.1, 0.15) is 40.1 Å². The molecule has 0 saturated carbocycles. The number of nitrogens with one attached hydrogen (secondary N) is 1. The van der Waals surface area contributed by atoms with Crippen LogP contribution in [-0.2, 0) is 12.8 Å². The summed E-state index contributed by atoms with van der Waals surface area (Å²) >= 11 is 6.21. The van der Waals surface area contributed by atoms with E-state index in [2.05, 4.69) is 32.2 Å². The number of carbonyl (C=O) groups excluding carboxylic acids is 1. The van der Waals surface area contributed by atoms with Gasteiger partial charge < -0.3 is 5.32 Å². The number of aromatic nitrogens is 4. The third kappa shape index (κ3) is 4.40. The first-order valence-corrected chi connectivity index (χ1v) is 8.62. The summed E-state index contributed by atoms with van der Waals surface area (Å²) in [6.07, 6.45) is 4.30. The van der Waals surface area contributed by atoms with E-state index in [9.17, 15) is 4.79 Å². The number of anilines is 1. The molecule has 1 aromatic carbocycles. The molecule has 1 amide bonds. The van der Waals surface area contributed by atoms with Crippen molar-refractivity contribution in [2.75, 3.05) is 5.32 Å². The van der Waals surface area contributed by atoms with Gasteiger partial charge in [-0.05, 0) is 43.2 Å². The summed E-state index contributed by atoms with van der Waals surface area (Å²) in [5, 5.41) is 3.09. The van der Waals surface area contributed by atoms with E-state index in [1.165, 1.54) is 6.33 Å². The molecule has 6 nitrogen and oxygen atoms in total. The van der Waals surface area contributed by atoms with Crippen molar-refractivity contribution in [3.05, 3.63) is 76.2 Å². The number of halogens is 1. The van der Waals surface area contributed by atoms with E-state index < -0.39 is 0 Å². The van der Waals surface area contributed by atoms with E-state index in [1.54, 1.807) is 24.4 Å². The highest BCUT2D eigenvalue weighted by Crippen LogP contribution is 2.20. The Labute approximate surface area is 156 Å². The lowest BCUT2D eigenvalue weighted by molar-refractivity contribution is 0.102. The number of hydrogen-bond acceptors (Lipinski definition) is 5. The smallest absolute Gasteiger partial charge is 0.258 e. The van der Waals surface area contributed by atoms with Gasteiger partial charge in [-0.25, -0.2) is 19.9 Å². The molecular formula is C19H18ClN5O. The fourth-order valence-electron chi connectivity index (χ4n) is 2.55. The van der Waals surface area contributed by atoms with Crippen LogP contribution in [0.2, 0.25) is 5.02 Å². The highest BCUT2D eigenvalue weighted by Gasteiger charge is 2.13. The minimum absolute atomic E-state index is 0.324. The molecule has 7 heteroatoms. The summed E-state index contributed by atoms with van der Waals surface area (Å²) in [5.41, 5.74) is 3.23. The molecule has 132 valence electrons. The molecule has 0 aliphatic rings. The van der Waals surface area contributed by atoms with Crippen LogP contribution in [0.5, 0.6) is 0 Å². The fraction of sp³-hybridized carbons (Fsp3) is 0.211. The van der Waals surface area contributed by atoms with E-state index in [0.717, 1.165) is 29.2 Å². The van der Waals surface area contributed by atoms with Gasteiger partial charge in [-0.2, -0.15) is 0 Å². The van der Waals surface area contributed by atoms with Crippen LogP contribution in [0.15, 0.2) is 42.9 Å². The fourth-order valence-corrected chi connectivity index (χ4v) is 2.75. The maximum Gasteiger partial charge on any atom is 0.258 e.